The van der Waals surface area contributed by atoms with Gasteiger partial charge in [0.05, 0.1) is 16.9 Å². The zero-order valence-corrected chi connectivity index (χ0v) is 10.3. The molecule has 1 fully saturated rings. The van der Waals surface area contributed by atoms with Gasteiger partial charge in [-0.25, -0.2) is 0 Å². The maximum atomic E-state index is 12.5. The quantitative estimate of drug-likeness (QED) is 0.764. The Bertz CT molecular complexity index is 501. The number of halogens is 3. The summed E-state index contributed by atoms with van der Waals surface area (Å²) in [6.45, 7) is 2.65. The summed E-state index contributed by atoms with van der Waals surface area (Å²) < 4.78 is 37.6. The molecular formula is C12H14F3N3O. The molecule has 7 heteroatoms. The number of carbonyl (C=O) groups excluding carboxylic acids is 1. The van der Waals surface area contributed by atoms with Gasteiger partial charge in [0.25, 0.3) is 0 Å². The third kappa shape index (κ3) is 2.59. The Morgan fingerprint density at radius 1 is 1.42 bits per heavy atom. The number of nitrogens with zero attached hydrogens (tertiary/aromatic N) is 1. The van der Waals surface area contributed by atoms with Crippen LogP contribution < -0.4 is 16.0 Å². The Hall–Kier alpha value is -1.92. The van der Waals surface area contributed by atoms with Crippen LogP contribution in [0.15, 0.2) is 18.2 Å². The van der Waals surface area contributed by atoms with Crippen molar-refractivity contribution < 1.29 is 18.0 Å². The number of hydrogen-bond donors (Lipinski definition) is 2. The first-order valence-corrected chi connectivity index (χ1v) is 5.82. The maximum Gasteiger partial charge on any atom is 0.416 e. The molecule has 1 amide bonds. The molecular weight excluding hydrogens is 259 g/mol. The van der Waals surface area contributed by atoms with E-state index in [1.165, 1.54) is 6.07 Å². The molecule has 1 aliphatic rings. The Morgan fingerprint density at radius 2 is 2.11 bits per heavy atom. The molecule has 2 rings (SSSR count). The first-order valence-electron chi connectivity index (χ1n) is 5.82. The second kappa shape index (κ2) is 4.64. The van der Waals surface area contributed by atoms with Crippen molar-refractivity contribution in [3.05, 3.63) is 23.8 Å². The number of nitrogens with one attached hydrogen (secondary N) is 1. The van der Waals surface area contributed by atoms with Crippen LogP contribution in [0.1, 0.15) is 12.5 Å². The molecule has 0 spiro atoms. The highest BCUT2D eigenvalue weighted by Crippen LogP contribution is 2.34. The molecule has 104 valence electrons. The first-order chi connectivity index (χ1) is 8.80. The second-order valence-corrected chi connectivity index (χ2v) is 4.43. The highest BCUT2D eigenvalue weighted by molar-refractivity contribution is 5.87. The van der Waals surface area contributed by atoms with Gasteiger partial charge in [0, 0.05) is 13.1 Å². The fourth-order valence-corrected chi connectivity index (χ4v) is 2.10. The summed E-state index contributed by atoms with van der Waals surface area (Å²) in [5.41, 5.74) is 5.37. The topological polar surface area (TPSA) is 58.4 Å². The largest absolute Gasteiger partial charge is 0.416 e. The van der Waals surface area contributed by atoms with Crippen molar-refractivity contribution in [1.29, 1.82) is 0 Å². The van der Waals surface area contributed by atoms with Gasteiger partial charge in [-0.05, 0) is 25.1 Å². The Balaban J connectivity index is 2.33. The number of hydrogen-bond acceptors (Lipinski definition) is 3. The molecule has 1 heterocycles. The van der Waals surface area contributed by atoms with E-state index in [2.05, 4.69) is 5.32 Å². The fraction of sp³-hybridized carbons (Fsp3) is 0.417. The molecule has 1 atom stereocenters. The molecule has 3 N–H and O–H groups in total. The van der Waals surface area contributed by atoms with Gasteiger partial charge < -0.3 is 16.0 Å². The van der Waals surface area contributed by atoms with Crippen molar-refractivity contribution >= 4 is 17.3 Å². The first kappa shape index (κ1) is 13.5. The number of alkyl halides is 3. The summed E-state index contributed by atoms with van der Waals surface area (Å²) in [5, 5.41) is 2.69. The van der Waals surface area contributed by atoms with E-state index in [1.54, 1.807) is 11.8 Å². The molecule has 0 bridgehead atoms. The monoisotopic (exact) mass is 273 g/mol. The van der Waals surface area contributed by atoms with E-state index in [4.69, 9.17) is 5.73 Å². The van der Waals surface area contributed by atoms with E-state index in [0.29, 0.717) is 18.8 Å². The van der Waals surface area contributed by atoms with Gasteiger partial charge in [-0.1, -0.05) is 0 Å². The van der Waals surface area contributed by atoms with Crippen LogP contribution >= 0.6 is 0 Å². The van der Waals surface area contributed by atoms with Gasteiger partial charge in [0.15, 0.2) is 0 Å². The summed E-state index contributed by atoms with van der Waals surface area (Å²) in [6.07, 6.45) is -4.42. The Morgan fingerprint density at radius 3 is 2.68 bits per heavy atom. The summed E-state index contributed by atoms with van der Waals surface area (Å²) in [4.78, 5) is 13.2. The number of anilines is 2. The van der Waals surface area contributed by atoms with Crippen molar-refractivity contribution in [1.82, 2.24) is 5.32 Å². The minimum Gasteiger partial charge on any atom is -0.397 e. The van der Waals surface area contributed by atoms with Crippen LogP contribution in [0.3, 0.4) is 0 Å². The third-order valence-electron chi connectivity index (χ3n) is 3.16. The zero-order valence-electron chi connectivity index (χ0n) is 10.3. The number of nitrogen functional groups attached to an aromatic ring is 1. The van der Waals surface area contributed by atoms with Crippen molar-refractivity contribution in [2.75, 3.05) is 23.7 Å². The number of amides is 1. The fourth-order valence-electron chi connectivity index (χ4n) is 2.10. The van der Waals surface area contributed by atoms with Crippen molar-refractivity contribution in [2.24, 2.45) is 0 Å². The zero-order chi connectivity index (χ0) is 14.2. The van der Waals surface area contributed by atoms with E-state index >= 15 is 0 Å². The van der Waals surface area contributed by atoms with E-state index in [1.807, 2.05) is 0 Å². The predicted octanol–water partition coefficient (Wildman–Crippen LogP) is 1.61. The number of rotatable bonds is 1. The van der Waals surface area contributed by atoms with Crippen LogP contribution in [-0.2, 0) is 11.0 Å². The van der Waals surface area contributed by atoms with E-state index in [-0.39, 0.29) is 11.6 Å². The average Bonchev–Trinajstić information content (AvgIpc) is 2.32. The third-order valence-corrected chi connectivity index (χ3v) is 3.16. The van der Waals surface area contributed by atoms with E-state index < -0.39 is 17.8 Å². The number of benzene rings is 1. The maximum absolute atomic E-state index is 12.5. The molecule has 0 saturated carbocycles. The van der Waals surface area contributed by atoms with Crippen LogP contribution in [0.5, 0.6) is 0 Å². The molecule has 1 unspecified atom stereocenters. The lowest BCUT2D eigenvalue weighted by molar-refractivity contribution is -0.137. The molecule has 1 saturated heterocycles. The minimum absolute atomic E-state index is 0.0244. The molecule has 1 aliphatic heterocycles. The van der Waals surface area contributed by atoms with Gasteiger partial charge >= 0.3 is 6.18 Å². The molecule has 0 aromatic heterocycles. The van der Waals surface area contributed by atoms with Gasteiger partial charge in [0.2, 0.25) is 5.91 Å². The highest BCUT2D eigenvalue weighted by Gasteiger charge is 2.32. The lowest BCUT2D eigenvalue weighted by Gasteiger charge is -2.35. The summed E-state index contributed by atoms with van der Waals surface area (Å²) >= 11 is 0. The number of piperazine rings is 1. The smallest absolute Gasteiger partial charge is 0.397 e. The lowest BCUT2D eigenvalue weighted by Crippen LogP contribution is -2.54. The summed E-state index contributed by atoms with van der Waals surface area (Å²) in [5.74, 6) is -0.162. The number of nitrogens with two attached hydrogens (primary N) is 1. The SMILES string of the molecule is CC1C(=O)NCCN1c1ccc(C(F)(F)F)cc1N. The molecule has 0 radical (unpaired) electrons. The van der Waals surface area contributed by atoms with Crippen LogP contribution in [0, 0.1) is 0 Å². The molecule has 4 nitrogen and oxygen atoms in total. The number of carbonyl (C=O) groups is 1. The van der Waals surface area contributed by atoms with E-state index in [0.717, 1.165) is 12.1 Å². The van der Waals surface area contributed by atoms with Gasteiger partial charge in [-0.3, -0.25) is 4.79 Å². The Labute approximate surface area is 108 Å². The van der Waals surface area contributed by atoms with Crippen LogP contribution in [0.4, 0.5) is 24.5 Å². The second-order valence-electron chi connectivity index (χ2n) is 4.43. The minimum atomic E-state index is -4.42. The standard InChI is InChI=1S/C12H14F3N3O/c1-7-11(19)17-4-5-18(7)10-3-2-8(6-9(10)16)12(13,14)15/h2-3,6-7H,4-5,16H2,1H3,(H,17,19). The van der Waals surface area contributed by atoms with Crippen molar-refractivity contribution in [2.45, 2.75) is 19.1 Å². The summed E-state index contributed by atoms with van der Waals surface area (Å²) in [6, 6.07) is 2.74. The van der Waals surface area contributed by atoms with Crippen LogP contribution in [-0.4, -0.2) is 25.0 Å². The van der Waals surface area contributed by atoms with Gasteiger partial charge in [-0.2, -0.15) is 13.2 Å². The Kier molecular flexibility index (Phi) is 3.30. The van der Waals surface area contributed by atoms with E-state index in [9.17, 15) is 18.0 Å². The van der Waals surface area contributed by atoms with Crippen molar-refractivity contribution in [3.63, 3.8) is 0 Å². The van der Waals surface area contributed by atoms with Crippen LogP contribution in [0.25, 0.3) is 0 Å². The predicted molar refractivity (Wildman–Crippen MR) is 65.7 cm³/mol. The molecule has 0 aliphatic carbocycles. The normalized spacial score (nSPS) is 20.3. The molecule has 1 aromatic rings. The average molecular weight is 273 g/mol. The highest BCUT2D eigenvalue weighted by atomic mass is 19.4. The molecule has 1 aromatic carbocycles. The lowest BCUT2D eigenvalue weighted by atomic mass is 10.1. The van der Waals surface area contributed by atoms with Gasteiger partial charge in [0.1, 0.15) is 6.04 Å². The van der Waals surface area contributed by atoms with Crippen LogP contribution in [0.2, 0.25) is 0 Å². The van der Waals surface area contributed by atoms with Crippen molar-refractivity contribution in [3.8, 4) is 0 Å². The molecule has 19 heavy (non-hydrogen) atoms. The van der Waals surface area contributed by atoms with Gasteiger partial charge in [-0.15, -0.1) is 0 Å². The summed E-state index contributed by atoms with van der Waals surface area (Å²) in [7, 11) is 0.